The van der Waals surface area contributed by atoms with Crippen LogP contribution in [0.2, 0.25) is 0 Å². The molecule has 1 fully saturated rings. The third kappa shape index (κ3) is 4.88. The maximum absolute atomic E-state index is 12.7. The summed E-state index contributed by atoms with van der Waals surface area (Å²) < 4.78 is 34.2. The Hall–Kier alpha value is -2.45. The fourth-order valence-corrected chi connectivity index (χ4v) is 4.73. The monoisotopic (exact) mass is 403 g/mol. The fourth-order valence-electron chi connectivity index (χ4n) is 3.10. The summed E-state index contributed by atoms with van der Waals surface area (Å²) in [5.74, 6) is 1.06. The zero-order valence-corrected chi connectivity index (χ0v) is 16.7. The SMILES string of the molecule is CC(CCOc1ccc(C=O)cc1)CCN1CCN(c2ccncc2)S1(=O)=O. The third-order valence-electron chi connectivity index (χ3n) is 4.87. The second-order valence-electron chi connectivity index (χ2n) is 6.90. The van der Waals surface area contributed by atoms with Crippen LogP contribution < -0.4 is 9.04 Å². The third-order valence-corrected chi connectivity index (χ3v) is 6.84. The molecule has 0 bridgehead atoms. The zero-order chi connectivity index (χ0) is 20.0. The van der Waals surface area contributed by atoms with Crippen molar-refractivity contribution in [1.29, 1.82) is 0 Å². The van der Waals surface area contributed by atoms with Crippen LogP contribution in [0.5, 0.6) is 5.75 Å². The Balaban J connectivity index is 1.44. The van der Waals surface area contributed by atoms with Crippen molar-refractivity contribution in [3.63, 3.8) is 0 Å². The number of aldehydes is 1. The van der Waals surface area contributed by atoms with Crippen molar-refractivity contribution in [3.8, 4) is 5.75 Å². The van der Waals surface area contributed by atoms with Gasteiger partial charge in [0.15, 0.2) is 0 Å². The number of benzene rings is 1. The molecule has 1 aliphatic heterocycles. The summed E-state index contributed by atoms with van der Waals surface area (Å²) in [4.78, 5) is 14.6. The Morgan fingerprint density at radius 2 is 1.82 bits per heavy atom. The molecule has 28 heavy (non-hydrogen) atoms. The number of hydrogen-bond acceptors (Lipinski definition) is 5. The molecule has 1 aromatic carbocycles. The predicted octanol–water partition coefficient (Wildman–Crippen LogP) is 2.76. The number of pyridine rings is 1. The summed E-state index contributed by atoms with van der Waals surface area (Å²) in [6, 6.07) is 10.4. The molecule has 1 aliphatic rings. The van der Waals surface area contributed by atoms with Crippen molar-refractivity contribution < 1.29 is 17.9 Å². The Morgan fingerprint density at radius 1 is 1.11 bits per heavy atom. The first-order valence-electron chi connectivity index (χ1n) is 9.36. The highest BCUT2D eigenvalue weighted by atomic mass is 32.2. The van der Waals surface area contributed by atoms with Crippen LogP contribution >= 0.6 is 0 Å². The van der Waals surface area contributed by atoms with Gasteiger partial charge in [0, 0.05) is 37.6 Å². The Bertz CT molecular complexity index is 872. The number of anilines is 1. The van der Waals surface area contributed by atoms with Gasteiger partial charge < -0.3 is 4.74 Å². The van der Waals surface area contributed by atoms with Gasteiger partial charge in [-0.15, -0.1) is 0 Å². The van der Waals surface area contributed by atoms with E-state index in [-0.39, 0.29) is 0 Å². The topological polar surface area (TPSA) is 79.8 Å². The lowest BCUT2D eigenvalue weighted by molar-refractivity contribution is 0.112. The molecule has 2 heterocycles. The number of carbonyl (C=O) groups is 1. The molecule has 0 aliphatic carbocycles. The second kappa shape index (κ2) is 9.16. The highest BCUT2D eigenvalue weighted by molar-refractivity contribution is 7.90. The molecular formula is C20H25N3O4S. The van der Waals surface area contributed by atoms with Crippen molar-refractivity contribution in [2.45, 2.75) is 19.8 Å². The molecule has 150 valence electrons. The van der Waals surface area contributed by atoms with Crippen LogP contribution in [-0.2, 0) is 10.2 Å². The highest BCUT2D eigenvalue weighted by Gasteiger charge is 2.36. The van der Waals surface area contributed by atoms with Crippen LogP contribution in [0.25, 0.3) is 0 Å². The molecule has 0 saturated carbocycles. The molecule has 3 rings (SSSR count). The average Bonchev–Trinajstić information content (AvgIpc) is 3.01. The standard InChI is InChI=1S/C20H25N3O4S/c1-17(9-15-27-20-4-2-18(16-24)3-5-20)8-12-22-13-14-23(28(22,25)26)19-6-10-21-11-7-19/h2-7,10-11,16-17H,8-9,12-15H2,1H3. The largest absolute Gasteiger partial charge is 0.494 e. The van der Waals surface area contributed by atoms with E-state index in [0.717, 1.165) is 24.9 Å². The normalized spacial score (nSPS) is 17.4. The van der Waals surface area contributed by atoms with E-state index in [9.17, 15) is 13.2 Å². The molecule has 2 aromatic rings. The number of aromatic nitrogens is 1. The number of nitrogens with zero attached hydrogens (tertiary/aromatic N) is 3. The second-order valence-corrected chi connectivity index (χ2v) is 8.76. The van der Waals surface area contributed by atoms with E-state index in [1.54, 1.807) is 53.1 Å². The summed E-state index contributed by atoms with van der Waals surface area (Å²) in [7, 11) is -3.47. The number of rotatable bonds is 9. The van der Waals surface area contributed by atoms with Crippen LogP contribution in [0, 0.1) is 5.92 Å². The molecule has 0 N–H and O–H groups in total. The molecule has 1 atom stereocenters. The van der Waals surface area contributed by atoms with Gasteiger partial charge in [0.1, 0.15) is 12.0 Å². The molecule has 7 nitrogen and oxygen atoms in total. The summed E-state index contributed by atoms with van der Waals surface area (Å²) in [5, 5.41) is 0. The summed E-state index contributed by atoms with van der Waals surface area (Å²) in [6.07, 6.45) is 5.60. The van der Waals surface area contributed by atoms with E-state index >= 15 is 0 Å². The minimum Gasteiger partial charge on any atom is -0.494 e. The highest BCUT2D eigenvalue weighted by Crippen LogP contribution is 2.25. The number of hydrogen-bond donors (Lipinski definition) is 0. The molecule has 8 heteroatoms. The van der Waals surface area contributed by atoms with Crippen molar-refractivity contribution in [2.24, 2.45) is 5.92 Å². The van der Waals surface area contributed by atoms with Crippen LogP contribution in [0.3, 0.4) is 0 Å². The molecule has 0 amide bonds. The zero-order valence-electron chi connectivity index (χ0n) is 15.9. The first kappa shape index (κ1) is 20.3. The first-order chi connectivity index (χ1) is 13.5. The number of carbonyl (C=O) groups excluding carboxylic acids is 1. The van der Waals surface area contributed by atoms with E-state index in [0.29, 0.717) is 43.4 Å². The Kier molecular flexibility index (Phi) is 6.64. The lowest BCUT2D eigenvalue weighted by Crippen LogP contribution is -2.34. The smallest absolute Gasteiger partial charge is 0.304 e. The molecular weight excluding hydrogens is 378 g/mol. The maximum atomic E-state index is 12.7. The molecule has 0 spiro atoms. The van der Waals surface area contributed by atoms with Crippen molar-refractivity contribution in [3.05, 3.63) is 54.4 Å². The molecule has 1 saturated heterocycles. The van der Waals surface area contributed by atoms with Crippen LogP contribution in [0.1, 0.15) is 30.1 Å². The van der Waals surface area contributed by atoms with Gasteiger partial charge in [0.2, 0.25) is 0 Å². The van der Waals surface area contributed by atoms with Gasteiger partial charge in [-0.05, 0) is 55.2 Å². The Labute approximate surface area is 166 Å². The van der Waals surface area contributed by atoms with E-state index in [1.807, 2.05) is 0 Å². The molecule has 1 unspecified atom stereocenters. The number of ether oxygens (including phenoxy) is 1. The van der Waals surface area contributed by atoms with E-state index in [4.69, 9.17) is 4.74 Å². The predicted molar refractivity (Wildman–Crippen MR) is 108 cm³/mol. The van der Waals surface area contributed by atoms with Crippen molar-refractivity contribution in [1.82, 2.24) is 9.29 Å². The van der Waals surface area contributed by atoms with E-state index < -0.39 is 10.2 Å². The van der Waals surface area contributed by atoms with E-state index in [1.165, 1.54) is 4.31 Å². The maximum Gasteiger partial charge on any atom is 0.304 e. The van der Waals surface area contributed by atoms with Gasteiger partial charge in [-0.25, -0.2) is 0 Å². The van der Waals surface area contributed by atoms with Crippen molar-refractivity contribution >= 4 is 22.2 Å². The summed E-state index contributed by atoms with van der Waals surface area (Å²) >= 11 is 0. The minimum atomic E-state index is -3.47. The van der Waals surface area contributed by atoms with Crippen LogP contribution in [0.15, 0.2) is 48.8 Å². The molecule has 1 aromatic heterocycles. The summed E-state index contributed by atoms with van der Waals surface area (Å²) in [6.45, 7) is 4.11. The lowest BCUT2D eigenvalue weighted by Gasteiger charge is -2.21. The van der Waals surface area contributed by atoms with Crippen molar-refractivity contribution in [2.75, 3.05) is 30.5 Å². The van der Waals surface area contributed by atoms with Gasteiger partial charge >= 0.3 is 10.2 Å². The Morgan fingerprint density at radius 3 is 2.50 bits per heavy atom. The summed E-state index contributed by atoms with van der Waals surface area (Å²) in [5.41, 5.74) is 1.27. The average molecular weight is 404 g/mol. The van der Waals surface area contributed by atoms with Gasteiger partial charge in [-0.2, -0.15) is 12.7 Å². The van der Waals surface area contributed by atoms with Gasteiger partial charge in [0.05, 0.1) is 12.3 Å². The minimum absolute atomic E-state index is 0.333. The fraction of sp³-hybridized carbons (Fsp3) is 0.400. The van der Waals surface area contributed by atoms with Crippen LogP contribution in [0.4, 0.5) is 5.69 Å². The van der Waals surface area contributed by atoms with Crippen LogP contribution in [-0.4, -0.2) is 50.2 Å². The van der Waals surface area contributed by atoms with E-state index in [2.05, 4.69) is 11.9 Å². The lowest BCUT2D eigenvalue weighted by atomic mass is 10.0. The van der Waals surface area contributed by atoms with Gasteiger partial charge in [-0.3, -0.25) is 14.1 Å². The first-order valence-corrected chi connectivity index (χ1v) is 10.8. The van der Waals surface area contributed by atoms with Gasteiger partial charge in [0.25, 0.3) is 0 Å². The molecule has 0 radical (unpaired) electrons. The van der Waals surface area contributed by atoms with Gasteiger partial charge in [-0.1, -0.05) is 6.92 Å². The quantitative estimate of drug-likeness (QED) is 0.602.